The van der Waals surface area contributed by atoms with Crippen molar-refractivity contribution in [3.63, 3.8) is 0 Å². The summed E-state index contributed by atoms with van der Waals surface area (Å²) in [5.41, 5.74) is 0. The molecule has 4 heteroatoms. The van der Waals surface area contributed by atoms with E-state index in [-0.39, 0.29) is 18.3 Å². The fourth-order valence-corrected chi connectivity index (χ4v) is 3.92. The van der Waals surface area contributed by atoms with Crippen LogP contribution in [-0.2, 0) is 4.79 Å². The van der Waals surface area contributed by atoms with E-state index < -0.39 is 0 Å². The molecule has 1 aromatic carbocycles. The van der Waals surface area contributed by atoms with Crippen molar-refractivity contribution in [2.75, 3.05) is 13.2 Å². The largest absolute Gasteiger partial charge is 0.484 e. The molecule has 2 fully saturated rings. The zero-order valence-corrected chi connectivity index (χ0v) is 12.2. The highest BCUT2D eigenvalue weighted by Gasteiger charge is 2.38. The lowest BCUT2D eigenvalue weighted by Crippen LogP contribution is -2.34. The molecule has 0 spiro atoms. The molecule has 3 nitrogen and oxygen atoms in total. The van der Waals surface area contributed by atoms with E-state index in [1.165, 1.54) is 56.4 Å². The Labute approximate surface area is 124 Å². The third-order valence-electron chi connectivity index (χ3n) is 4.98. The fraction of sp³-hybridized carbons (Fsp3) is 0.588. The summed E-state index contributed by atoms with van der Waals surface area (Å²) in [5, 5.41) is 2.98. The van der Waals surface area contributed by atoms with Gasteiger partial charge in [0, 0.05) is 6.54 Å². The minimum Gasteiger partial charge on any atom is -0.484 e. The summed E-state index contributed by atoms with van der Waals surface area (Å²) >= 11 is 0. The first-order valence-corrected chi connectivity index (χ1v) is 7.87. The lowest BCUT2D eigenvalue weighted by Gasteiger charge is -2.19. The molecule has 2 saturated carbocycles. The highest BCUT2D eigenvalue weighted by Crippen LogP contribution is 2.47. The van der Waals surface area contributed by atoms with E-state index >= 15 is 0 Å². The van der Waals surface area contributed by atoms with Crippen molar-refractivity contribution in [2.45, 2.75) is 32.1 Å². The average molecular weight is 291 g/mol. The topological polar surface area (TPSA) is 38.3 Å². The highest BCUT2D eigenvalue weighted by atomic mass is 19.1. The molecule has 0 unspecified atom stereocenters. The van der Waals surface area contributed by atoms with Gasteiger partial charge in [-0.3, -0.25) is 4.79 Å². The number of halogens is 1. The molecule has 0 aromatic heterocycles. The third kappa shape index (κ3) is 3.55. The Bertz CT molecular complexity index is 488. The summed E-state index contributed by atoms with van der Waals surface area (Å²) in [4.78, 5) is 11.8. The van der Waals surface area contributed by atoms with Gasteiger partial charge in [0.15, 0.2) is 6.61 Å². The Morgan fingerprint density at radius 1 is 1.19 bits per heavy atom. The van der Waals surface area contributed by atoms with Crippen LogP contribution >= 0.6 is 0 Å². The van der Waals surface area contributed by atoms with E-state index in [2.05, 4.69) is 5.32 Å². The summed E-state index contributed by atoms with van der Waals surface area (Å²) in [7, 11) is 0. The van der Waals surface area contributed by atoms with Gasteiger partial charge >= 0.3 is 0 Å². The fourth-order valence-electron chi connectivity index (χ4n) is 3.92. The zero-order chi connectivity index (χ0) is 14.7. The summed E-state index contributed by atoms with van der Waals surface area (Å²) in [6.07, 6.45) is 6.64. The standard InChI is InChI=1S/C17H22FNO2/c18-14-6-8-15(9-7-14)21-11-17(20)19-10-13-5-4-12-2-1-3-16(12)13/h6-9,12-13,16H,1-5,10-11H2,(H,19,20)/t12-,13+,16-/m0/s1. The summed E-state index contributed by atoms with van der Waals surface area (Å²) in [6.45, 7) is 0.763. The molecule has 2 aliphatic carbocycles. The summed E-state index contributed by atoms with van der Waals surface area (Å²) in [5.74, 6) is 2.49. The number of rotatable bonds is 5. The average Bonchev–Trinajstić information content (AvgIpc) is 3.08. The molecule has 0 aliphatic heterocycles. The number of fused-ring (bicyclic) bond motifs is 1. The van der Waals surface area contributed by atoms with E-state index in [1.54, 1.807) is 0 Å². The first-order chi connectivity index (χ1) is 10.2. The first-order valence-electron chi connectivity index (χ1n) is 7.87. The second kappa shape index (κ2) is 6.46. The predicted molar refractivity (Wildman–Crippen MR) is 78.5 cm³/mol. The maximum atomic E-state index is 12.8. The number of hydrogen-bond acceptors (Lipinski definition) is 2. The van der Waals surface area contributed by atoms with Crippen molar-refractivity contribution in [2.24, 2.45) is 17.8 Å². The number of carbonyl (C=O) groups is 1. The van der Waals surface area contributed by atoms with Crippen LogP contribution in [0.4, 0.5) is 4.39 Å². The van der Waals surface area contributed by atoms with Crippen LogP contribution in [0.15, 0.2) is 24.3 Å². The smallest absolute Gasteiger partial charge is 0.257 e. The first kappa shape index (κ1) is 14.4. The number of amides is 1. The van der Waals surface area contributed by atoms with Crippen LogP contribution in [0.2, 0.25) is 0 Å². The van der Waals surface area contributed by atoms with Crippen molar-refractivity contribution < 1.29 is 13.9 Å². The van der Waals surface area contributed by atoms with E-state index in [9.17, 15) is 9.18 Å². The Kier molecular flexibility index (Phi) is 4.42. The normalized spacial score (nSPS) is 27.4. The number of ether oxygens (including phenoxy) is 1. The van der Waals surface area contributed by atoms with Crippen molar-refractivity contribution >= 4 is 5.91 Å². The third-order valence-corrected chi connectivity index (χ3v) is 4.98. The molecule has 3 atom stereocenters. The predicted octanol–water partition coefficient (Wildman–Crippen LogP) is 3.15. The Morgan fingerprint density at radius 2 is 2.00 bits per heavy atom. The lowest BCUT2D eigenvalue weighted by atomic mass is 9.92. The molecule has 114 valence electrons. The second-order valence-electron chi connectivity index (χ2n) is 6.24. The van der Waals surface area contributed by atoms with Gasteiger partial charge in [0.05, 0.1) is 0 Å². The zero-order valence-electron chi connectivity index (χ0n) is 12.2. The number of carbonyl (C=O) groups excluding carboxylic acids is 1. The van der Waals surface area contributed by atoms with Crippen LogP contribution in [0.25, 0.3) is 0 Å². The number of benzene rings is 1. The second-order valence-corrected chi connectivity index (χ2v) is 6.24. The Hall–Kier alpha value is -1.58. The monoisotopic (exact) mass is 291 g/mol. The lowest BCUT2D eigenvalue weighted by molar-refractivity contribution is -0.123. The van der Waals surface area contributed by atoms with E-state index in [0.29, 0.717) is 11.7 Å². The van der Waals surface area contributed by atoms with Gasteiger partial charge in [0.1, 0.15) is 11.6 Å². The number of hydrogen-bond donors (Lipinski definition) is 1. The van der Waals surface area contributed by atoms with Crippen LogP contribution in [0.1, 0.15) is 32.1 Å². The van der Waals surface area contributed by atoms with Gasteiger partial charge in [0.2, 0.25) is 0 Å². The van der Waals surface area contributed by atoms with Crippen molar-refractivity contribution in [1.29, 1.82) is 0 Å². The molecule has 1 N–H and O–H groups in total. The van der Waals surface area contributed by atoms with Gasteiger partial charge < -0.3 is 10.1 Å². The van der Waals surface area contributed by atoms with Gasteiger partial charge in [-0.25, -0.2) is 4.39 Å². The molecule has 1 aromatic rings. The van der Waals surface area contributed by atoms with E-state index in [0.717, 1.165) is 18.4 Å². The van der Waals surface area contributed by atoms with Crippen LogP contribution in [0.3, 0.4) is 0 Å². The summed E-state index contributed by atoms with van der Waals surface area (Å²) < 4.78 is 18.1. The SMILES string of the molecule is O=C(COc1ccc(F)cc1)NC[C@H]1CC[C@@H]2CCC[C@@H]21. The van der Waals surface area contributed by atoms with Crippen LogP contribution in [-0.4, -0.2) is 19.1 Å². The molecule has 2 aliphatic rings. The molecule has 21 heavy (non-hydrogen) atoms. The van der Waals surface area contributed by atoms with Gasteiger partial charge in [-0.2, -0.15) is 0 Å². The quantitative estimate of drug-likeness (QED) is 0.905. The van der Waals surface area contributed by atoms with Crippen LogP contribution in [0.5, 0.6) is 5.75 Å². The summed E-state index contributed by atoms with van der Waals surface area (Å²) in [6, 6.07) is 5.71. The molecule has 3 rings (SSSR count). The van der Waals surface area contributed by atoms with Gasteiger partial charge in [-0.1, -0.05) is 12.8 Å². The van der Waals surface area contributed by atoms with Crippen molar-refractivity contribution in [3.05, 3.63) is 30.1 Å². The molecule has 0 heterocycles. The maximum Gasteiger partial charge on any atom is 0.257 e. The maximum absolute atomic E-state index is 12.8. The molecule has 0 radical (unpaired) electrons. The molecular formula is C17H22FNO2. The van der Waals surface area contributed by atoms with E-state index in [4.69, 9.17) is 4.74 Å². The van der Waals surface area contributed by atoms with Crippen molar-refractivity contribution in [1.82, 2.24) is 5.32 Å². The van der Waals surface area contributed by atoms with Gasteiger partial charge in [-0.15, -0.1) is 0 Å². The number of nitrogens with one attached hydrogen (secondary N) is 1. The van der Waals surface area contributed by atoms with E-state index in [1.807, 2.05) is 0 Å². The van der Waals surface area contributed by atoms with Gasteiger partial charge in [0.25, 0.3) is 5.91 Å². The molecule has 1 amide bonds. The van der Waals surface area contributed by atoms with Crippen LogP contribution in [0, 0.1) is 23.6 Å². The highest BCUT2D eigenvalue weighted by molar-refractivity contribution is 5.77. The van der Waals surface area contributed by atoms with Gasteiger partial charge in [-0.05, 0) is 61.3 Å². The molecular weight excluding hydrogens is 269 g/mol. The Balaban J connectivity index is 1.39. The molecule has 0 saturated heterocycles. The van der Waals surface area contributed by atoms with Crippen molar-refractivity contribution in [3.8, 4) is 5.75 Å². The van der Waals surface area contributed by atoms with Crippen LogP contribution < -0.4 is 10.1 Å². The minimum absolute atomic E-state index is 0.00749. The minimum atomic E-state index is -0.306. The molecule has 0 bridgehead atoms. The Morgan fingerprint density at radius 3 is 2.81 bits per heavy atom.